The van der Waals surface area contributed by atoms with Crippen LogP contribution < -0.4 is 10.2 Å². The number of urea groups is 1. The van der Waals surface area contributed by atoms with E-state index in [9.17, 15) is 4.79 Å². The van der Waals surface area contributed by atoms with Gasteiger partial charge in [0.05, 0.1) is 6.04 Å². The number of rotatable bonds is 4. The zero-order valence-electron chi connectivity index (χ0n) is 15.7. The van der Waals surface area contributed by atoms with Crippen LogP contribution in [0.3, 0.4) is 0 Å². The number of aromatic nitrogens is 1. The van der Waals surface area contributed by atoms with Gasteiger partial charge in [-0.05, 0) is 30.3 Å². The molecule has 0 aliphatic carbocycles. The molecule has 1 aliphatic rings. The lowest BCUT2D eigenvalue weighted by Gasteiger charge is -2.40. The maximum absolute atomic E-state index is 12.9. The Kier molecular flexibility index (Phi) is 5.73. The molecule has 1 atom stereocenters. The zero-order chi connectivity index (χ0) is 18.5. The van der Waals surface area contributed by atoms with Crippen molar-refractivity contribution in [1.82, 2.24) is 20.1 Å². The first-order valence-electron chi connectivity index (χ1n) is 8.95. The second kappa shape index (κ2) is 8.19. The molecule has 138 valence electrons. The Morgan fingerprint density at radius 2 is 2.00 bits per heavy atom. The van der Waals surface area contributed by atoms with Crippen LogP contribution in [0, 0.1) is 0 Å². The second-order valence-corrected chi connectivity index (χ2v) is 6.96. The fourth-order valence-electron chi connectivity index (χ4n) is 3.22. The summed E-state index contributed by atoms with van der Waals surface area (Å²) in [5, 5.41) is 3.07. The highest BCUT2D eigenvalue weighted by molar-refractivity contribution is 5.75. The topological polar surface area (TPSA) is 51.7 Å². The van der Waals surface area contributed by atoms with Crippen LogP contribution in [0.1, 0.15) is 17.2 Å². The van der Waals surface area contributed by atoms with Gasteiger partial charge in [0.15, 0.2) is 0 Å². The first kappa shape index (κ1) is 18.2. The molecular weight excluding hydrogens is 326 g/mol. The lowest BCUT2D eigenvalue weighted by molar-refractivity contribution is 0.108. The molecule has 26 heavy (non-hydrogen) atoms. The van der Waals surface area contributed by atoms with Gasteiger partial charge in [0.25, 0.3) is 0 Å². The van der Waals surface area contributed by atoms with Gasteiger partial charge in [-0.1, -0.05) is 30.3 Å². The van der Waals surface area contributed by atoms with E-state index in [0.29, 0.717) is 6.54 Å². The Morgan fingerprint density at radius 3 is 2.73 bits per heavy atom. The van der Waals surface area contributed by atoms with Crippen LogP contribution in [0.5, 0.6) is 0 Å². The molecule has 1 aromatic heterocycles. The number of anilines is 1. The molecule has 2 amide bonds. The summed E-state index contributed by atoms with van der Waals surface area (Å²) in [5.74, 6) is 0.888. The van der Waals surface area contributed by atoms with Gasteiger partial charge < -0.3 is 20.0 Å². The van der Waals surface area contributed by atoms with Crippen LogP contribution >= 0.6 is 0 Å². The van der Waals surface area contributed by atoms with E-state index in [1.165, 1.54) is 5.56 Å². The number of nitrogens with zero attached hydrogens (tertiary/aromatic N) is 4. The molecule has 1 unspecified atom stereocenters. The predicted molar refractivity (Wildman–Crippen MR) is 104 cm³/mol. The Balaban J connectivity index is 1.68. The van der Waals surface area contributed by atoms with Gasteiger partial charge in [-0.2, -0.15) is 0 Å². The van der Waals surface area contributed by atoms with E-state index in [-0.39, 0.29) is 12.1 Å². The first-order valence-corrected chi connectivity index (χ1v) is 8.95. The van der Waals surface area contributed by atoms with Crippen molar-refractivity contribution in [1.29, 1.82) is 0 Å². The third-order valence-corrected chi connectivity index (χ3v) is 4.74. The summed E-state index contributed by atoms with van der Waals surface area (Å²) in [7, 11) is 6.02. The van der Waals surface area contributed by atoms with Gasteiger partial charge in [-0.15, -0.1) is 0 Å². The number of carbonyl (C=O) groups is 1. The fraction of sp³-hybridized carbons (Fsp3) is 0.400. The van der Waals surface area contributed by atoms with Gasteiger partial charge in [-0.25, -0.2) is 9.78 Å². The maximum atomic E-state index is 12.9. The Morgan fingerprint density at radius 1 is 1.23 bits per heavy atom. The Hall–Kier alpha value is -2.60. The molecule has 0 spiro atoms. The highest BCUT2D eigenvalue weighted by atomic mass is 16.2. The summed E-state index contributed by atoms with van der Waals surface area (Å²) in [6.45, 7) is 2.95. The highest BCUT2D eigenvalue weighted by Crippen LogP contribution is 2.24. The van der Waals surface area contributed by atoms with Crippen molar-refractivity contribution in [3.63, 3.8) is 0 Å². The lowest BCUT2D eigenvalue weighted by Crippen LogP contribution is -2.52. The summed E-state index contributed by atoms with van der Waals surface area (Å²) < 4.78 is 0. The number of carbonyl (C=O) groups excluding carboxylic acids is 1. The number of nitrogens with one attached hydrogen (secondary N) is 1. The molecule has 0 radical (unpaired) electrons. The van der Waals surface area contributed by atoms with Crippen molar-refractivity contribution in [2.75, 3.05) is 45.7 Å². The molecule has 1 saturated heterocycles. The molecule has 1 fully saturated rings. The average Bonchev–Trinajstić information content (AvgIpc) is 2.67. The monoisotopic (exact) mass is 353 g/mol. The zero-order valence-corrected chi connectivity index (χ0v) is 15.7. The van der Waals surface area contributed by atoms with E-state index in [4.69, 9.17) is 0 Å². The van der Waals surface area contributed by atoms with Gasteiger partial charge >= 0.3 is 6.03 Å². The van der Waals surface area contributed by atoms with Crippen LogP contribution in [0.25, 0.3) is 0 Å². The molecular formula is C20H27N5O. The Bertz CT molecular complexity index is 734. The molecule has 1 aliphatic heterocycles. The largest absolute Gasteiger partial charge is 0.363 e. The van der Waals surface area contributed by atoms with E-state index >= 15 is 0 Å². The molecule has 2 aromatic rings. The summed E-state index contributed by atoms with van der Waals surface area (Å²) in [4.78, 5) is 23.3. The maximum Gasteiger partial charge on any atom is 0.318 e. The van der Waals surface area contributed by atoms with Crippen LogP contribution in [-0.4, -0.2) is 61.6 Å². The third kappa shape index (κ3) is 4.32. The molecule has 1 N–H and O–H groups in total. The SMILES string of the molecule is CN1CCN(C(=O)NCc2ccnc(N(C)C)c2)C(c2ccccc2)C1. The molecule has 6 heteroatoms. The average molecular weight is 353 g/mol. The van der Waals surface area contributed by atoms with Crippen LogP contribution in [0.15, 0.2) is 48.7 Å². The van der Waals surface area contributed by atoms with Crippen LogP contribution in [-0.2, 0) is 6.54 Å². The van der Waals surface area contributed by atoms with Crippen molar-refractivity contribution >= 4 is 11.8 Å². The number of hydrogen-bond acceptors (Lipinski definition) is 4. The van der Waals surface area contributed by atoms with E-state index in [1.807, 2.05) is 54.2 Å². The van der Waals surface area contributed by atoms with Crippen molar-refractivity contribution in [3.8, 4) is 0 Å². The smallest absolute Gasteiger partial charge is 0.318 e. The minimum atomic E-state index is -0.0184. The van der Waals surface area contributed by atoms with Gasteiger partial charge in [0, 0.05) is 46.5 Å². The third-order valence-electron chi connectivity index (χ3n) is 4.74. The normalized spacial score (nSPS) is 17.8. The molecule has 0 saturated carbocycles. The number of amides is 2. The standard InChI is InChI=1S/C20H27N5O/c1-23(2)19-13-16(9-10-21-19)14-22-20(26)25-12-11-24(3)15-18(25)17-7-5-4-6-8-17/h4-10,13,18H,11-12,14-15H2,1-3H3,(H,22,26). The Labute approximate surface area is 155 Å². The van der Waals surface area contributed by atoms with E-state index in [0.717, 1.165) is 31.0 Å². The molecule has 6 nitrogen and oxygen atoms in total. The molecule has 0 bridgehead atoms. The van der Waals surface area contributed by atoms with Gasteiger partial charge in [0.2, 0.25) is 0 Å². The van der Waals surface area contributed by atoms with E-state index in [1.54, 1.807) is 6.20 Å². The lowest BCUT2D eigenvalue weighted by atomic mass is 10.0. The summed E-state index contributed by atoms with van der Waals surface area (Å²) in [6.07, 6.45) is 1.78. The summed E-state index contributed by atoms with van der Waals surface area (Å²) >= 11 is 0. The second-order valence-electron chi connectivity index (χ2n) is 6.96. The van der Waals surface area contributed by atoms with Crippen LogP contribution in [0.4, 0.5) is 10.6 Å². The minimum Gasteiger partial charge on any atom is -0.363 e. The van der Waals surface area contributed by atoms with E-state index < -0.39 is 0 Å². The number of benzene rings is 1. The molecule has 3 rings (SSSR count). The van der Waals surface area contributed by atoms with Gasteiger partial charge in [0.1, 0.15) is 5.82 Å². The summed E-state index contributed by atoms with van der Waals surface area (Å²) in [6, 6.07) is 14.2. The fourth-order valence-corrected chi connectivity index (χ4v) is 3.22. The number of piperazine rings is 1. The summed E-state index contributed by atoms with van der Waals surface area (Å²) in [5.41, 5.74) is 2.22. The molecule has 2 heterocycles. The number of hydrogen-bond donors (Lipinski definition) is 1. The van der Waals surface area contributed by atoms with Crippen molar-refractivity contribution in [2.24, 2.45) is 0 Å². The van der Waals surface area contributed by atoms with Gasteiger partial charge in [-0.3, -0.25) is 0 Å². The van der Waals surface area contributed by atoms with Crippen LogP contribution in [0.2, 0.25) is 0 Å². The van der Waals surface area contributed by atoms with E-state index in [2.05, 4.69) is 34.4 Å². The molecule has 1 aromatic carbocycles. The number of likely N-dealkylation sites (N-methyl/N-ethyl adjacent to an activating group) is 1. The van der Waals surface area contributed by atoms with Crippen molar-refractivity contribution < 1.29 is 4.79 Å². The van der Waals surface area contributed by atoms with Crippen molar-refractivity contribution in [2.45, 2.75) is 12.6 Å². The minimum absolute atomic E-state index is 0.0184. The predicted octanol–water partition coefficient (Wildman–Crippen LogP) is 2.35. The first-order chi connectivity index (χ1) is 12.5. The number of pyridine rings is 1. The highest BCUT2D eigenvalue weighted by Gasteiger charge is 2.30. The quantitative estimate of drug-likeness (QED) is 0.917. The van der Waals surface area contributed by atoms with Crippen molar-refractivity contribution in [3.05, 3.63) is 59.8 Å².